The first-order valence-electron chi connectivity index (χ1n) is 10.8. The van der Waals surface area contributed by atoms with Gasteiger partial charge in [0.2, 0.25) is 11.8 Å². The molecule has 2 aliphatic rings. The van der Waals surface area contributed by atoms with Crippen molar-refractivity contribution in [3.63, 3.8) is 0 Å². The second-order valence-electron chi connectivity index (χ2n) is 8.78. The number of benzene rings is 1. The molecule has 1 aromatic rings. The zero-order valence-electron chi connectivity index (χ0n) is 17.9. The number of piperazine rings is 1. The molecule has 2 fully saturated rings. The smallest absolute Gasteiger partial charge is 0.236 e. The number of likely N-dealkylation sites (tertiary alicyclic amines) is 1. The minimum absolute atomic E-state index is 0.147. The quantitative estimate of drug-likeness (QED) is 0.742. The van der Waals surface area contributed by atoms with E-state index in [2.05, 4.69) is 29.0 Å². The molecule has 1 aromatic carbocycles. The molecular formula is C22H32ClFN4O2. The van der Waals surface area contributed by atoms with Crippen LogP contribution in [0.25, 0.3) is 0 Å². The Morgan fingerprint density at radius 1 is 1.10 bits per heavy atom. The number of hydrogen-bond donors (Lipinski definition) is 1. The van der Waals surface area contributed by atoms with Crippen LogP contribution in [0, 0.1) is 17.7 Å². The molecule has 2 atom stereocenters. The number of rotatable bonds is 6. The van der Waals surface area contributed by atoms with Crippen molar-refractivity contribution in [2.75, 3.05) is 57.7 Å². The second kappa shape index (κ2) is 10.6. The predicted molar refractivity (Wildman–Crippen MR) is 117 cm³/mol. The molecule has 0 bridgehead atoms. The van der Waals surface area contributed by atoms with E-state index in [1.807, 2.05) is 4.90 Å². The van der Waals surface area contributed by atoms with E-state index in [1.165, 1.54) is 18.6 Å². The Labute approximate surface area is 183 Å². The summed E-state index contributed by atoms with van der Waals surface area (Å²) in [6.07, 6.45) is 1.49. The summed E-state index contributed by atoms with van der Waals surface area (Å²) in [6, 6.07) is 4.20. The van der Waals surface area contributed by atoms with Crippen LogP contribution in [-0.4, -0.2) is 78.9 Å². The van der Waals surface area contributed by atoms with Gasteiger partial charge in [-0.15, -0.1) is 0 Å². The molecule has 1 N–H and O–H groups in total. The normalized spacial score (nSPS) is 23.4. The number of carbonyl (C=O) groups is 2. The molecule has 30 heavy (non-hydrogen) atoms. The van der Waals surface area contributed by atoms with Crippen LogP contribution in [0.4, 0.5) is 10.1 Å². The van der Waals surface area contributed by atoms with Gasteiger partial charge in [0.15, 0.2) is 0 Å². The lowest BCUT2D eigenvalue weighted by Gasteiger charge is -2.38. The minimum atomic E-state index is -0.536. The van der Waals surface area contributed by atoms with Gasteiger partial charge >= 0.3 is 0 Å². The molecule has 0 radical (unpaired) electrons. The van der Waals surface area contributed by atoms with Gasteiger partial charge in [0.05, 0.1) is 12.2 Å². The monoisotopic (exact) mass is 438 g/mol. The van der Waals surface area contributed by atoms with Crippen molar-refractivity contribution in [3.05, 3.63) is 29.0 Å². The van der Waals surface area contributed by atoms with Gasteiger partial charge in [0.1, 0.15) is 5.82 Å². The summed E-state index contributed by atoms with van der Waals surface area (Å²) in [6.45, 7) is 10.5. The van der Waals surface area contributed by atoms with Crippen LogP contribution in [0.2, 0.25) is 5.02 Å². The molecule has 6 nitrogen and oxygen atoms in total. The van der Waals surface area contributed by atoms with Crippen molar-refractivity contribution in [1.82, 2.24) is 14.7 Å². The van der Waals surface area contributed by atoms with Crippen molar-refractivity contribution in [2.45, 2.75) is 26.7 Å². The summed E-state index contributed by atoms with van der Waals surface area (Å²) in [4.78, 5) is 31.2. The molecule has 0 aromatic heterocycles. The van der Waals surface area contributed by atoms with E-state index in [0.29, 0.717) is 36.4 Å². The minimum Gasteiger partial charge on any atom is -0.341 e. The first kappa shape index (κ1) is 23.0. The zero-order chi connectivity index (χ0) is 21.7. The number of nitrogens with zero attached hydrogens (tertiary/aromatic N) is 3. The summed E-state index contributed by atoms with van der Waals surface area (Å²) in [7, 11) is 0. The molecule has 166 valence electrons. The van der Waals surface area contributed by atoms with E-state index in [1.54, 1.807) is 6.07 Å². The number of anilines is 1. The number of piperidine rings is 1. The highest BCUT2D eigenvalue weighted by atomic mass is 35.5. The fourth-order valence-corrected chi connectivity index (χ4v) is 4.55. The Morgan fingerprint density at radius 2 is 1.73 bits per heavy atom. The maximum Gasteiger partial charge on any atom is 0.236 e. The summed E-state index contributed by atoms with van der Waals surface area (Å²) in [5.74, 6) is 0.615. The van der Waals surface area contributed by atoms with Crippen LogP contribution in [0.5, 0.6) is 0 Å². The lowest BCUT2D eigenvalue weighted by atomic mass is 9.92. The fraction of sp³-hybridized carbons (Fsp3) is 0.636. The SMILES string of the molecule is CC1CC(C)CN(C(=O)CN2CCN(CCC(=O)Nc3ccc(Cl)cc3F)CC2)C1. The van der Waals surface area contributed by atoms with Crippen molar-refractivity contribution in [1.29, 1.82) is 0 Å². The lowest BCUT2D eigenvalue weighted by molar-refractivity contribution is -0.135. The van der Waals surface area contributed by atoms with Gasteiger partial charge in [0, 0.05) is 57.3 Å². The highest BCUT2D eigenvalue weighted by molar-refractivity contribution is 6.30. The third-order valence-corrected chi connectivity index (χ3v) is 6.14. The van der Waals surface area contributed by atoms with Crippen molar-refractivity contribution in [2.24, 2.45) is 11.8 Å². The highest BCUT2D eigenvalue weighted by Crippen LogP contribution is 2.21. The van der Waals surface area contributed by atoms with Crippen LogP contribution in [-0.2, 0) is 9.59 Å². The third kappa shape index (κ3) is 6.65. The van der Waals surface area contributed by atoms with Crippen LogP contribution in [0.15, 0.2) is 18.2 Å². The third-order valence-electron chi connectivity index (χ3n) is 5.91. The van der Waals surface area contributed by atoms with Crippen LogP contribution in [0.1, 0.15) is 26.7 Å². The summed E-state index contributed by atoms with van der Waals surface area (Å²) in [5.41, 5.74) is 0.147. The number of amides is 2. The van der Waals surface area contributed by atoms with Crippen molar-refractivity contribution < 1.29 is 14.0 Å². The molecule has 2 amide bonds. The molecule has 0 aliphatic carbocycles. The standard InChI is InChI=1S/C22H32ClFN4O2/c1-16-11-17(2)14-28(13-16)22(30)15-27-9-7-26(8-10-27)6-5-21(29)25-20-4-3-18(23)12-19(20)24/h3-4,12,16-17H,5-11,13-15H2,1-2H3,(H,25,29). The number of hydrogen-bond acceptors (Lipinski definition) is 4. The molecule has 2 aliphatic heterocycles. The van der Waals surface area contributed by atoms with Crippen LogP contribution < -0.4 is 5.32 Å². The lowest BCUT2D eigenvalue weighted by Crippen LogP contribution is -2.52. The van der Waals surface area contributed by atoms with E-state index in [9.17, 15) is 14.0 Å². The van der Waals surface area contributed by atoms with E-state index in [4.69, 9.17) is 11.6 Å². The van der Waals surface area contributed by atoms with Crippen LogP contribution >= 0.6 is 11.6 Å². The summed E-state index contributed by atoms with van der Waals surface area (Å²) >= 11 is 5.73. The average Bonchev–Trinajstić information content (AvgIpc) is 2.69. The van der Waals surface area contributed by atoms with E-state index >= 15 is 0 Å². The summed E-state index contributed by atoms with van der Waals surface area (Å²) < 4.78 is 13.8. The molecule has 8 heteroatoms. The molecule has 0 saturated carbocycles. The first-order chi connectivity index (χ1) is 14.3. The Balaban J connectivity index is 1.36. The van der Waals surface area contributed by atoms with Gasteiger partial charge in [-0.3, -0.25) is 14.5 Å². The molecule has 2 unspecified atom stereocenters. The van der Waals surface area contributed by atoms with Gasteiger partial charge in [-0.25, -0.2) is 4.39 Å². The van der Waals surface area contributed by atoms with Crippen molar-refractivity contribution in [3.8, 4) is 0 Å². The Hall–Kier alpha value is -1.70. The van der Waals surface area contributed by atoms with E-state index in [0.717, 1.165) is 39.3 Å². The molecular weight excluding hydrogens is 407 g/mol. The zero-order valence-corrected chi connectivity index (χ0v) is 18.6. The van der Waals surface area contributed by atoms with Gasteiger partial charge in [0.25, 0.3) is 0 Å². The molecule has 0 spiro atoms. The molecule has 2 saturated heterocycles. The topological polar surface area (TPSA) is 55.9 Å². The van der Waals surface area contributed by atoms with Crippen LogP contribution in [0.3, 0.4) is 0 Å². The Bertz CT molecular complexity index is 745. The summed E-state index contributed by atoms with van der Waals surface area (Å²) in [5, 5.41) is 2.89. The average molecular weight is 439 g/mol. The second-order valence-corrected chi connectivity index (χ2v) is 9.22. The molecule has 2 heterocycles. The Morgan fingerprint density at radius 3 is 2.37 bits per heavy atom. The number of halogens is 2. The first-order valence-corrected chi connectivity index (χ1v) is 11.2. The Kier molecular flexibility index (Phi) is 8.08. The number of carbonyl (C=O) groups excluding carboxylic acids is 2. The van der Waals surface area contributed by atoms with Gasteiger partial charge < -0.3 is 15.1 Å². The fourth-order valence-electron chi connectivity index (χ4n) is 4.39. The number of nitrogens with one attached hydrogen (secondary N) is 1. The largest absolute Gasteiger partial charge is 0.341 e. The van der Waals surface area contributed by atoms with E-state index in [-0.39, 0.29) is 17.5 Å². The predicted octanol–water partition coefficient (Wildman–Crippen LogP) is 2.93. The van der Waals surface area contributed by atoms with Gasteiger partial charge in [-0.05, 0) is 36.5 Å². The van der Waals surface area contributed by atoms with E-state index < -0.39 is 5.82 Å². The van der Waals surface area contributed by atoms with Crippen molar-refractivity contribution >= 4 is 29.1 Å². The van der Waals surface area contributed by atoms with Gasteiger partial charge in [-0.1, -0.05) is 25.4 Å². The maximum absolute atomic E-state index is 13.8. The van der Waals surface area contributed by atoms with Gasteiger partial charge in [-0.2, -0.15) is 0 Å². The molecule has 3 rings (SSSR count). The maximum atomic E-state index is 13.8. The highest BCUT2D eigenvalue weighted by Gasteiger charge is 2.27.